The number of halogens is 4. The normalized spacial score (nSPS) is 22.5. The van der Waals surface area contributed by atoms with Crippen molar-refractivity contribution in [3.63, 3.8) is 0 Å². The van der Waals surface area contributed by atoms with Gasteiger partial charge in [-0.2, -0.15) is 13.2 Å². The van der Waals surface area contributed by atoms with Gasteiger partial charge in [0.15, 0.2) is 0 Å². The first kappa shape index (κ1) is 14.9. The van der Waals surface area contributed by atoms with Gasteiger partial charge in [-0.05, 0) is 41.1 Å². The SMILES string of the molecule is CC1=C[C@](O)(C(F)(F)F)N(C(=O)c2ccccc2Br)N1. The maximum absolute atomic E-state index is 13.0. The summed E-state index contributed by atoms with van der Waals surface area (Å²) in [5.41, 5.74) is -1.10. The van der Waals surface area contributed by atoms with Crippen LogP contribution in [0.3, 0.4) is 0 Å². The Morgan fingerprint density at radius 3 is 2.55 bits per heavy atom. The molecule has 2 rings (SSSR count). The van der Waals surface area contributed by atoms with Gasteiger partial charge in [-0.3, -0.25) is 10.2 Å². The molecule has 20 heavy (non-hydrogen) atoms. The maximum atomic E-state index is 13.0. The van der Waals surface area contributed by atoms with Crippen LogP contribution < -0.4 is 5.43 Å². The summed E-state index contributed by atoms with van der Waals surface area (Å²) in [4.78, 5) is 12.2. The van der Waals surface area contributed by atoms with E-state index in [4.69, 9.17) is 0 Å². The third-order valence-corrected chi connectivity index (χ3v) is 3.46. The molecule has 0 radical (unpaired) electrons. The van der Waals surface area contributed by atoms with E-state index in [0.717, 1.165) is 0 Å². The maximum Gasteiger partial charge on any atom is 0.442 e. The molecule has 0 saturated heterocycles. The zero-order valence-corrected chi connectivity index (χ0v) is 11.8. The molecule has 4 nitrogen and oxygen atoms in total. The highest BCUT2D eigenvalue weighted by Crippen LogP contribution is 2.38. The molecule has 1 aromatic rings. The van der Waals surface area contributed by atoms with Gasteiger partial charge in [0.2, 0.25) is 0 Å². The van der Waals surface area contributed by atoms with Crippen LogP contribution in [0.15, 0.2) is 40.5 Å². The highest BCUT2D eigenvalue weighted by molar-refractivity contribution is 9.10. The van der Waals surface area contributed by atoms with E-state index in [1.54, 1.807) is 6.07 Å². The smallest absolute Gasteiger partial charge is 0.359 e. The van der Waals surface area contributed by atoms with Crippen LogP contribution in [0.2, 0.25) is 0 Å². The Morgan fingerprint density at radius 2 is 2.00 bits per heavy atom. The van der Waals surface area contributed by atoms with E-state index in [1.165, 1.54) is 25.1 Å². The van der Waals surface area contributed by atoms with Crippen LogP contribution >= 0.6 is 15.9 Å². The van der Waals surface area contributed by atoms with E-state index in [0.29, 0.717) is 10.5 Å². The Bertz CT molecular complexity index is 588. The Labute approximate surface area is 121 Å². The van der Waals surface area contributed by atoms with Crippen molar-refractivity contribution < 1.29 is 23.1 Å². The summed E-state index contributed by atoms with van der Waals surface area (Å²) in [6.07, 6.45) is -4.46. The van der Waals surface area contributed by atoms with Gasteiger partial charge in [0.05, 0.1) is 5.56 Å². The van der Waals surface area contributed by atoms with E-state index >= 15 is 0 Å². The second-order valence-corrected chi connectivity index (χ2v) is 5.14. The highest BCUT2D eigenvalue weighted by Gasteiger charge is 2.61. The Balaban J connectivity index is 2.43. The summed E-state index contributed by atoms with van der Waals surface area (Å²) >= 11 is 3.09. The molecule has 1 heterocycles. The minimum Gasteiger partial charge on any atom is -0.359 e. The van der Waals surface area contributed by atoms with Crippen LogP contribution in [0, 0.1) is 0 Å². The standard InChI is InChI=1S/C12H10BrF3N2O2/c1-7-6-11(20,12(14,15)16)18(17-7)10(19)8-4-2-3-5-9(8)13/h2-6,17,20H,1H3/t11-/m0/s1. The number of allylic oxidation sites excluding steroid dienone is 1. The molecule has 0 bridgehead atoms. The fourth-order valence-corrected chi connectivity index (χ4v) is 2.28. The number of aliphatic hydroxyl groups is 1. The van der Waals surface area contributed by atoms with Gasteiger partial charge in [0.25, 0.3) is 11.6 Å². The lowest BCUT2D eigenvalue weighted by Crippen LogP contribution is -2.60. The van der Waals surface area contributed by atoms with Gasteiger partial charge in [-0.25, -0.2) is 5.01 Å². The summed E-state index contributed by atoms with van der Waals surface area (Å²) in [6, 6.07) is 6.02. The third kappa shape index (κ3) is 2.29. The second-order valence-electron chi connectivity index (χ2n) is 4.28. The minimum atomic E-state index is -5.02. The summed E-state index contributed by atoms with van der Waals surface area (Å²) in [7, 11) is 0. The van der Waals surface area contributed by atoms with Crippen LogP contribution in [0.4, 0.5) is 13.2 Å². The molecule has 1 atom stereocenters. The number of benzene rings is 1. The predicted molar refractivity (Wildman–Crippen MR) is 68.2 cm³/mol. The Hall–Kier alpha value is -1.54. The van der Waals surface area contributed by atoms with Gasteiger partial charge >= 0.3 is 6.18 Å². The van der Waals surface area contributed by atoms with Crippen molar-refractivity contribution in [1.29, 1.82) is 0 Å². The fourth-order valence-electron chi connectivity index (χ4n) is 1.83. The van der Waals surface area contributed by atoms with Gasteiger partial charge in [-0.15, -0.1) is 0 Å². The second kappa shape index (κ2) is 4.78. The summed E-state index contributed by atoms with van der Waals surface area (Å²) in [5, 5.41) is 9.98. The molecule has 1 aliphatic heterocycles. The zero-order valence-electron chi connectivity index (χ0n) is 10.2. The monoisotopic (exact) mass is 350 g/mol. The molecule has 0 unspecified atom stereocenters. The predicted octanol–water partition coefficient (Wildman–Crippen LogP) is 2.56. The van der Waals surface area contributed by atoms with Gasteiger partial charge in [0, 0.05) is 10.2 Å². The van der Waals surface area contributed by atoms with Crippen molar-refractivity contribution in [2.45, 2.75) is 18.8 Å². The van der Waals surface area contributed by atoms with E-state index < -0.39 is 17.8 Å². The highest BCUT2D eigenvalue weighted by atomic mass is 79.9. The average molecular weight is 351 g/mol. The van der Waals surface area contributed by atoms with Gasteiger partial charge in [-0.1, -0.05) is 12.1 Å². The number of amides is 1. The molecule has 108 valence electrons. The molecular formula is C12H10BrF3N2O2. The number of carbonyl (C=O) groups is 1. The van der Waals surface area contributed by atoms with Crippen LogP contribution in [-0.4, -0.2) is 27.9 Å². The number of carbonyl (C=O) groups excluding carboxylic acids is 1. The average Bonchev–Trinajstić information content (AvgIpc) is 2.65. The van der Waals surface area contributed by atoms with Crippen molar-refractivity contribution >= 4 is 21.8 Å². The van der Waals surface area contributed by atoms with E-state index in [1.807, 2.05) is 0 Å². The van der Waals surface area contributed by atoms with Crippen molar-refractivity contribution in [3.05, 3.63) is 46.1 Å². The van der Waals surface area contributed by atoms with Gasteiger partial charge in [0.1, 0.15) is 0 Å². The Morgan fingerprint density at radius 1 is 1.40 bits per heavy atom. The molecule has 0 saturated carbocycles. The topological polar surface area (TPSA) is 52.6 Å². The number of hydrazine groups is 1. The van der Waals surface area contributed by atoms with Crippen molar-refractivity contribution in [1.82, 2.24) is 10.4 Å². The van der Waals surface area contributed by atoms with Crippen LogP contribution in [-0.2, 0) is 0 Å². The number of nitrogens with zero attached hydrogens (tertiary/aromatic N) is 1. The molecule has 1 amide bonds. The van der Waals surface area contributed by atoms with E-state index in [9.17, 15) is 23.1 Å². The van der Waals surface area contributed by atoms with Crippen molar-refractivity contribution in [3.8, 4) is 0 Å². The van der Waals surface area contributed by atoms with E-state index in [2.05, 4.69) is 21.4 Å². The molecule has 0 aromatic heterocycles. The largest absolute Gasteiger partial charge is 0.442 e. The number of hydrogen-bond acceptors (Lipinski definition) is 3. The van der Waals surface area contributed by atoms with Crippen LogP contribution in [0.25, 0.3) is 0 Å². The first-order valence-electron chi connectivity index (χ1n) is 5.51. The van der Waals surface area contributed by atoms with Crippen LogP contribution in [0.1, 0.15) is 17.3 Å². The Kier molecular flexibility index (Phi) is 3.55. The first-order chi connectivity index (χ1) is 9.17. The fraction of sp³-hybridized carbons (Fsp3) is 0.250. The first-order valence-corrected chi connectivity index (χ1v) is 6.30. The molecular weight excluding hydrogens is 341 g/mol. The molecule has 1 aromatic carbocycles. The number of hydrogen-bond donors (Lipinski definition) is 2. The summed E-state index contributed by atoms with van der Waals surface area (Å²) in [5.74, 6) is -0.995. The lowest BCUT2D eigenvalue weighted by atomic mass is 10.1. The number of alkyl halides is 3. The molecule has 0 aliphatic carbocycles. The molecule has 8 heteroatoms. The lowest BCUT2D eigenvalue weighted by Gasteiger charge is -2.33. The summed E-state index contributed by atoms with van der Waals surface area (Å²) < 4.78 is 39.3. The molecule has 1 aliphatic rings. The van der Waals surface area contributed by atoms with Crippen LogP contribution in [0.5, 0.6) is 0 Å². The minimum absolute atomic E-state index is 0.00535. The van der Waals surface area contributed by atoms with Gasteiger partial charge < -0.3 is 5.11 Å². The molecule has 2 N–H and O–H groups in total. The zero-order chi connectivity index (χ0) is 15.1. The number of nitrogens with one attached hydrogen (secondary N) is 1. The van der Waals surface area contributed by atoms with Crippen molar-refractivity contribution in [2.75, 3.05) is 0 Å². The van der Waals surface area contributed by atoms with E-state index in [-0.39, 0.29) is 16.3 Å². The number of rotatable bonds is 1. The van der Waals surface area contributed by atoms with Crippen molar-refractivity contribution in [2.24, 2.45) is 0 Å². The quantitative estimate of drug-likeness (QED) is 0.818. The molecule has 0 spiro atoms. The molecule has 0 fully saturated rings. The summed E-state index contributed by atoms with van der Waals surface area (Å²) in [6.45, 7) is 1.32. The third-order valence-electron chi connectivity index (χ3n) is 2.77. The lowest BCUT2D eigenvalue weighted by molar-refractivity contribution is -0.283.